The van der Waals surface area contributed by atoms with Gasteiger partial charge in [-0.05, 0) is 44.5 Å². The van der Waals surface area contributed by atoms with Gasteiger partial charge in [0.25, 0.3) is 5.91 Å². The molecule has 0 unspecified atom stereocenters. The lowest BCUT2D eigenvalue weighted by Crippen LogP contribution is -2.37. The van der Waals surface area contributed by atoms with Crippen LogP contribution in [-0.2, 0) is 6.54 Å². The lowest BCUT2D eigenvalue weighted by atomic mass is 10.1. The summed E-state index contributed by atoms with van der Waals surface area (Å²) in [6.45, 7) is 7.34. The smallest absolute Gasteiger partial charge is 0.273 e. The third kappa shape index (κ3) is 4.55. The molecule has 1 heterocycles. The van der Waals surface area contributed by atoms with Crippen molar-refractivity contribution in [1.82, 2.24) is 14.9 Å². The first-order valence-electron chi connectivity index (χ1n) is 9.60. The molecule has 0 radical (unpaired) electrons. The fourth-order valence-corrected chi connectivity index (χ4v) is 3.06. The molecular weight excluding hydrogens is 348 g/mol. The predicted molar refractivity (Wildman–Crippen MR) is 113 cm³/mol. The number of anilines is 2. The first-order valence-corrected chi connectivity index (χ1v) is 9.60. The van der Waals surface area contributed by atoms with Crippen LogP contribution >= 0.6 is 0 Å². The van der Waals surface area contributed by atoms with Crippen molar-refractivity contribution >= 4 is 17.5 Å². The van der Waals surface area contributed by atoms with Crippen LogP contribution in [0.2, 0.25) is 0 Å². The van der Waals surface area contributed by atoms with Crippen LogP contribution in [0.3, 0.4) is 0 Å². The molecular formula is C23H26N4O. The van der Waals surface area contributed by atoms with Gasteiger partial charge in [0, 0.05) is 31.0 Å². The third-order valence-electron chi connectivity index (χ3n) is 4.57. The van der Waals surface area contributed by atoms with Crippen molar-refractivity contribution in [1.29, 1.82) is 0 Å². The monoisotopic (exact) mass is 374 g/mol. The molecule has 5 nitrogen and oxygen atoms in total. The van der Waals surface area contributed by atoms with Crippen LogP contribution in [-0.4, -0.2) is 33.4 Å². The summed E-state index contributed by atoms with van der Waals surface area (Å²) in [6, 6.07) is 21.7. The first kappa shape index (κ1) is 19.5. The van der Waals surface area contributed by atoms with Crippen molar-refractivity contribution in [2.75, 3.05) is 11.4 Å². The number of benzene rings is 2. The van der Waals surface area contributed by atoms with Gasteiger partial charge >= 0.3 is 0 Å². The molecule has 2 aromatic carbocycles. The molecule has 0 atom stereocenters. The Morgan fingerprint density at radius 2 is 1.61 bits per heavy atom. The van der Waals surface area contributed by atoms with Crippen LogP contribution in [0, 0.1) is 0 Å². The van der Waals surface area contributed by atoms with Gasteiger partial charge in [0.15, 0.2) is 0 Å². The highest BCUT2D eigenvalue weighted by Crippen LogP contribution is 2.22. The van der Waals surface area contributed by atoms with E-state index >= 15 is 0 Å². The maximum atomic E-state index is 13.2. The van der Waals surface area contributed by atoms with E-state index < -0.39 is 0 Å². The van der Waals surface area contributed by atoms with E-state index in [1.165, 1.54) is 0 Å². The van der Waals surface area contributed by atoms with E-state index in [0.29, 0.717) is 24.7 Å². The molecule has 0 N–H and O–H groups in total. The highest BCUT2D eigenvalue weighted by molar-refractivity contribution is 5.92. The van der Waals surface area contributed by atoms with Gasteiger partial charge in [-0.3, -0.25) is 4.79 Å². The Bertz CT molecular complexity index is 897. The van der Waals surface area contributed by atoms with Crippen LogP contribution in [0.1, 0.15) is 36.8 Å². The van der Waals surface area contributed by atoms with Gasteiger partial charge in [0.2, 0.25) is 5.95 Å². The van der Waals surface area contributed by atoms with Crippen molar-refractivity contribution in [3.05, 3.63) is 84.2 Å². The maximum absolute atomic E-state index is 13.2. The minimum Gasteiger partial charge on any atom is -0.331 e. The highest BCUT2D eigenvalue weighted by Gasteiger charge is 2.22. The molecule has 0 spiro atoms. The van der Waals surface area contributed by atoms with Crippen molar-refractivity contribution < 1.29 is 4.79 Å². The number of hydrogen-bond acceptors (Lipinski definition) is 4. The molecule has 0 bridgehead atoms. The Labute approximate surface area is 166 Å². The Morgan fingerprint density at radius 3 is 2.21 bits per heavy atom. The van der Waals surface area contributed by atoms with Gasteiger partial charge in [0.05, 0.1) is 0 Å². The maximum Gasteiger partial charge on any atom is 0.273 e. The summed E-state index contributed by atoms with van der Waals surface area (Å²) >= 11 is 0. The molecule has 3 rings (SSSR count). The van der Waals surface area contributed by atoms with E-state index in [1.807, 2.05) is 91.2 Å². The zero-order chi connectivity index (χ0) is 19.9. The average molecular weight is 374 g/mol. The number of nitrogens with zero attached hydrogens (tertiary/aromatic N) is 4. The number of amides is 1. The van der Waals surface area contributed by atoms with Gasteiger partial charge < -0.3 is 9.80 Å². The second-order valence-electron chi connectivity index (χ2n) is 6.83. The zero-order valence-electron chi connectivity index (χ0n) is 16.6. The van der Waals surface area contributed by atoms with Gasteiger partial charge in [-0.2, -0.15) is 0 Å². The minimum atomic E-state index is -0.0911. The van der Waals surface area contributed by atoms with Gasteiger partial charge in [0.1, 0.15) is 5.69 Å². The van der Waals surface area contributed by atoms with Gasteiger partial charge in [-0.15, -0.1) is 0 Å². The van der Waals surface area contributed by atoms with Crippen LogP contribution in [0.5, 0.6) is 0 Å². The summed E-state index contributed by atoms with van der Waals surface area (Å²) in [5.74, 6) is 0.439. The molecule has 0 aliphatic carbocycles. The van der Waals surface area contributed by atoms with Gasteiger partial charge in [-0.25, -0.2) is 9.97 Å². The second-order valence-corrected chi connectivity index (χ2v) is 6.83. The average Bonchev–Trinajstić information content (AvgIpc) is 2.74. The molecule has 5 heteroatoms. The molecule has 28 heavy (non-hydrogen) atoms. The third-order valence-corrected chi connectivity index (χ3v) is 4.57. The van der Waals surface area contributed by atoms with Gasteiger partial charge in [-0.1, -0.05) is 48.5 Å². The number of para-hydroxylation sites is 1. The van der Waals surface area contributed by atoms with E-state index in [4.69, 9.17) is 0 Å². The second kappa shape index (κ2) is 9.13. The summed E-state index contributed by atoms with van der Waals surface area (Å²) in [6.07, 6.45) is 1.65. The highest BCUT2D eigenvalue weighted by atomic mass is 16.2. The summed E-state index contributed by atoms with van der Waals surface area (Å²) in [4.78, 5) is 26.0. The largest absolute Gasteiger partial charge is 0.331 e. The van der Waals surface area contributed by atoms with E-state index in [9.17, 15) is 4.79 Å². The van der Waals surface area contributed by atoms with Crippen LogP contribution < -0.4 is 4.90 Å². The molecule has 144 valence electrons. The number of carbonyl (C=O) groups is 1. The lowest BCUT2D eigenvalue weighted by molar-refractivity contribution is 0.0684. The fraction of sp³-hybridized carbons (Fsp3) is 0.261. The molecule has 0 saturated carbocycles. The summed E-state index contributed by atoms with van der Waals surface area (Å²) in [5, 5.41) is 0. The van der Waals surface area contributed by atoms with E-state index in [0.717, 1.165) is 11.3 Å². The molecule has 0 aliphatic rings. The fourth-order valence-electron chi connectivity index (χ4n) is 3.06. The SMILES string of the molecule is CCN(c1ccccc1)c1nccc(C(=O)N(Cc2ccccc2)C(C)C)n1. The lowest BCUT2D eigenvalue weighted by Gasteiger charge is -2.27. The predicted octanol–water partition coefficient (Wildman–Crippen LogP) is 4.69. The Kier molecular flexibility index (Phi) is 6.37. The van der Waals surface area contributed by atoms with Crippen LogP contribution in [0.15, 0.2) is 72.9 Å². The topological polar surface area (TPSA) is 49.3 Å². The van der Waals surface area contributed by atoms with Crippen molar-refractivity contribution in [3.63, 3.8) is 0 Å². The standard InChI is InChI=1S/C23H26N4O/c1-4-26(20-13-9-6-10-14-20)23-24-16-15-21(25-23)22(28)27(18(2)3)17-19-11-7-5-8-12-19/h5-16,18H,4,17H2,1-3H3. The quantitative estimate of drug-likeness (QED) is 0.602. The number of carbonyl (C=O) groups excluding carboxylic acids is 1. The summed E-state index contributed by atoms with van der Waals surface area (Å²) < 4.78 is 0. The zero-order valence-corrected chi connectivity index (χ0v) is 16.6. The first-order chi connectivity index (χ1) is 13.6. The minimum absolute atomic E-state index is 0.0579. The van der Waals surface area contributed by atoms with Crippen molar-refractivity contribution in [2.45, 2.75) is 33.4 Å². The Balaban J connectivity index is 1.88. The molecule has 1 aromatic heterocycles. The Hall–Kier alpha value is -3.21. The molecule has 1 amide bonds. The number of rotatable bonds is 7. The number of hydrogen-bond donors (Lipinski definition) is 0. The molecule has 0 saturated heterocycles. The summed E-state index contributed by atoms with van der Waals surface area (Å²) in [7, 11) is 0. The molecule has 0 aliphatic heterocycles. The van der Waals surface area contributed by atoms with E-state index in [2.05, 4.69) is 9.97 Å². The van der Waals surface area contributed by atoms with E-state index in [1.54, 1.807) is 12.3 Å². The van der Waals surface area contributed by atoms with E-state index in [-0.39, 0.29) is 11.9 Å². The van der Waals surface area contributed by atoms with Crippen molar-refractivity contribution in [2.24, 2.45) is 0 Å². The van der Waals surface area contributed by atoms with Crippen molar-refractivity contribution in [3.8, 4) is 0 Å². The van der Waals surface area contributed by atoms with Crippen LogP contribution in [0.4, 0.5) is 11.6 Å². The number of aromatic nitrogens is 2. The summed E-state index contributed by atoms with van der Waals surface area (Å²) in [5.41, 5.74) is 2.50. The molecule has 0 fully saturated rings. The Morgan fingerprint density at radius 1 is 0.964 bits per heavy atom. The molecule has 3 aromatic rings. The normalized spacial score (nSPS) is 10.7. The van der Waals surface area contributed by atoms with Crippen LogP contribution in [0.25, 0.3) is 0 Å².